The summed E-state index contributed by atoms with van der Waals surface area (Å²) in [6.07, 6.45) is 0. The van der Waals surface area contributed by atoms with Crippen molar-refractivity contribution >= 4 is 17.3 Å². The minimum atomic E-state index is -0.749. The first-order valence-corrected chi connectivity index (χ1v) is 3.82. The number of nitrogens with zero attached hydrogens (tertiary/aromatic N) is 3. The summed E-state index contributed by atoms with van der Waals surface area (Å²) >= 11 is 0. The molecule has 7 nitrogen and oxygen atoms in total. The second-order valence-corrected chi connectivity index (χ2v) is 2.55. The third kappa shape index (κ3) is 2.05. The van der Waals surface area contributed by atoms with E-state index in [0.717, 1.165) is 12.1 Å². The van der Waals surface area contributed by atoms with Gasteiger partial charge in [0.15, 0.2) is 4.98 Å². The lowest BCUT2D eigenvalue weighted by Crippen LogP contribution is -2.01. The molecule has 0 amide bonds. The fraction of sp³-hybridized carbons (Fsp3) is 0.125. The Labute approximate surface area is 84.0 Å². The maximum Gasteiger partial charge on any atom is 0.461 e. The molecule has 0 saturated heterocycles. The fourth-order valence-corrected chi connectivity index (χ4v) is 0.999. The average molecular weight is 208 g/mol. The van der Waals surface area contributed by atoms with Gasteiger partial charge < -0.3 is 4.74 Å². The number of benzene rings is 1. The number of nitro benzene ring substituents is 1. The minimum Gasteiger partial charge on any atom is -0.465 e. The van der Waals surface area contributed by atoms with Gasteiger partial charge in [-0.05, 0) is 6.07 Å². The first kappa shape index (κ1) is 10.6. The molecule has 7 heteroatoms. The molecule has 1 aromatic rings. The third-order valence-electron chi connectivity index (χ3n) is 1.70. The van der Waals surface area contributed by atoms with Crippen LogP contribution in [0.3, 0.4) is 0 Å². The summed E-state index contributed by atoms with van der Waals surface area (Å²) < 4.78 is 4.39. The second kappa shape index (κ2) is 4.15. The number of ether oxygens (including phenoxy) is 1. The van der Waals surface area contributed by atoms with Gasteiger partial charge in [0, 0.05) is 12.1 Å². The molecule has 0 aliphatic rings. The SMILES string of the molecule is COC(=O)c1ccc([N+]#N)c([N+](=O)[O-])c1. The Bertz CT molecular complexity index is 463. The summed E-state index contributed by atoms with van der Waals surface area (Å²) in [5, 5.41) is 19.0. The molecular formula is C8H6N3O4+. The number of nitro groups is 1. The Morgan fingerprint density at radius 1 is 1.60 bits per heavy atom. The zero-order valence-corrected chi connectivity index (χ0v) is 7.71. The van der Waals surface area contributed by atoms with Crippen molar-refractivity contribution in [3.05, 3.63) is 38.9 Å². The van der Waals surface area contributed by atoms with Crippen molar-refractivity contribution in [1.29, 1.82) is 5.39 Å². The quantitative estimate of drug-likeness (QED) is 0.319. The van der Waals surface area contributed by atoms with Gasteiger partial charge in [-0.25, -0.2) is 4.79 Å². The van der Waals surface area contributed by atoms with Gasteiger partial charge in [0.05, 0.1) is 17.6 Å². The highest BCUT2D eigenvalue weighted by Gasteiger charge is 2.26. The van der Waals surface area contributed by atoms with Gasteiger partial charge in [0.2, 0.25) is 5.39 Å². The van der Waals surface area contributed by atoms with E-state index >= 15 is 0 Å². The van der Waals surface area contributed by atoms with Crippen LogP contribution in [0.1, 0.15) is 10.4 Å². The van der Waals surface area contributed by atoms with Crippen LogP contribution >= 0.6 is 0 Å². The van der Waals surface area contributed by atoms with Crippen LogP contribution in [0.15, 0.2) is 18.2 Å². The lowest BCUT2D eigenvalue weighted by molar-refractivity contribution is -0.383. The second-order valence-electron chi connectivity index (χ2n) is 2.55. The number of carbonyl (C=O) groups is 1. The van der Waals surface area contributed by atoms with E-state index in [4.69, 9.17) is 5.39 Å². The Kier molecular flexibility index (Phi) is 2.93. The van der Waals surface area contributed by atoms with Crippen molar-refractivity contribution < 1.29 is 14.5 Å². The molecule has 0 aromatic heterocycles. The van der Waals surface area contributed by atoms with Crippen molar-refractivity contribution in [2.45, 2.75) is 0 Å². The van der Waals surface area contributed by atoms with Gasteiger partial charge in [-0.2, -0.15) is 0 Å². The van der Waals surface area contributed by atoms with E-state index < -0.39 is 16.6 Å². The maximum atomic E-state index is 11.0. The molecule has 0 atom stereocenters. The molecule has 0 fully saturated rings. The Morgan fingerprint density at radius 3 is 2.73 bits per heavy atom. The van der Waals surface area contributed by atoms with Crippen LogP contribution in [0.2, 0.25) is 0 Å². The van der Waals surface area contributed by atoms with Crippen molar-refractivity contribution in [3.8, 4) is 0 Å². The molecule has 0 N–H and O–H groups in total. The molecule has 0 aliphatic carbocycles. The van der Waals surface area contributed by atoms with E-state index in [-0.39, 0.29) is 11.3 Å². The third-order valence-corrected chi connectivity index (χ3v) is 1.70. The van der Waals surface area contributed by atoms with E-state index in [1.807, 2.05) is 0 Å². The molecule has 1 rings (SSSR count). The summed E-state index contributed by atoms with van der Waals surface area (Å²) in [5.74, 6) is -0.692. The van der Waals surface area contributed by atoms with Crippen LogP contribution in [0.4, 0.5) is 11.4 Å². The highest BCUT2D eigenvalue weighted by Crippen LogP contribution is 2.28. The van der Waals surface area contributed by atoms with Crippen LogP contribution in [-0.4, -0.2) is 18.0 Å². The van der Waals surface area contributed by atoms with Crippen LogP contribution < -0.4 is 0 Å². The Hall–Kier alpha value is -2.49. The first-order chi connectivity index (χ1) is 7.10. The molecule has 0 aliphatic heterocycles. The topological polar surface area (TPSA) is 97.6 Å². The molecule has 0 radical (unpaired) electrons. The van der Waals surface area contributed by atoms with Gasteiger partial charge in [-0.1, -0.05) is 0 Å². The number of diazo groups is 1. The highest BCUT2D eigenvalue weighted by atomic mass is 16.6. The monoisotopic (exact) mass is 208 g/mol. The van der Waals surface area contributed by atoms with Crippen molar-refractivity contribution in [1.82, 2.24) is 0 Å². The predicted molar refractivity (Wildman–Crippen MR) is 49.2 cm³/mol. The lowest BCUT2D eigenvalue weighted by Gasteiger charge is -1.96. The predicted octanol–water partition coefficient (Wildman–Crippen LogP) is 1.87. The van der Waals surface area contributed by atoms with Crippen molar-refractivity contribution in [3.63, 3.8) is 0 Å². The number of hydrogen-bond donors (Lipinski definition) is 0. The van der Waals surface area contributed by atoms with Crippen molar-refractivity contribution in [2.75, 3.05) is 7.11 Å². The van der Waals surface area contributed by atoms with Crippen LogP contribution in [0.5, 0.6) is 0 Å². The van der Waals surface area contributed by atoms with Gasteiger partial charge in [0.25, 0.3) is 0 Å². The largest absolute Gasteiger partial charge is 0.465 e. The molecule has 15 heavy (non-hydrogen) atoms. The standard InChI is InChI=1S/C8H6N3O4/c1-15-8(12)5-2-3-6(10-9)7(4-5)11(13)14/h2-4H,1H3/q+1. The van der Waals surface area contributed by atoms with Crippen LogP contribution in [0, 0.1) is 15.5 Å². The van der Waals surface area contributed by atoms with Gasteiger partial charge in [-0.15, -0.1) is 0 Å². The van der Waals surface area contributed by atoms with Crippen molar-refractivity contribution in [2.24, 2.45) is 0 Å². The summed E-state index contributed by atoms with van der Waals surface area (Å²) in [6, 6.07) is 3.42. The van der Waals surface area contributed by atoms with E-state index in [9.17, 15) is 14.9 Å². The molecule has 0 heterocycles. The molecule has 0 spiro atoms. The summed E-state index contributed by atoms with van der Waals surface area (Å²) in [5.41, 5.74) is -0.648. The van der Waals surface area contributed by atoms with Gasteiger partial charge in [-0.3, -0.25) is 10.1 Å². The normalized spacial score (nSPS) is 9.07. The molecule has 0 bridgehead atoms. The number of carbonyl (C=O) groups excluding carboxylic acids is 1. The van der Waals surface area contributed by atoms with Crippen LogP contribution in [0.25, 0.3) is 4.98 Å². The molecule has 0 saturated carbocycles. The maximum absolute atomic E-state index is 11.0. The molecule has 76 valence electrons. The zero-order valence-electron chi connectivity index (χ0n) is 7.71. The summed E-state index contributed by atoms with van der Waals surface area (Å²) in [4.78, 5) is 23.6. The number of hydrogen-bond acceptors (Lipinski definition) is 5. The van der Waals surface area contributed by atoms with E-state index in [2.05, 4.69) is 9.71 Å². The van der Waals surface area contributed by atoms with E-state index in [1.54, 1.807) is 0 Å². The molecule has 0 unspecified atom stereocenters. The first-order valence-electron chi connectivity index (χ1n) is 3.82. The fourth-order valence-electron chi connectivity index (χ4n) is 0.999. The average Bonchev–Trinajstić information content (AvgIpc) is 2.27. The summed E-state index contributed by atoms with van der Waals surface area (Å²) in [6.45, 7) is 0. The molecular weight excluding hydrogens is 202 g/mol. The smallest absolute Gasteiger partial charge is 0.461 e. The molecule has 1 aromatic carbocycles. The Balaban J connectivity index is 3.29. The van der Waals surface area contributed by atoms with Gasteiger partial charge >= 0.3 is 17.3 Å². The Morgan fingerprint density at radius 2 is 2.27 bits per heavy atom. The van der Waals surface area contributed by atoms with Gasteiger partial charge in [0.1, 0.15) is 0 Å². The zero-order chi connectivity index (χ0) is 11.4. The number of methoxy groups -OCH3 is 1. The minimum absolute atomic E-state index is 0.0246. The van der Waals surface area contributed by atoms with Crippen LogP contribution in [-0.2, 0) is 4.74 Å². The highest BCUT2D eigenvalue weighted by molar-refractivity contribution is 5.91. The van der Waals surface area contributed by atoms with E-state index in [1.165, 1.54) is 13.2 Å². The van der Waals surface area contributed by atoms with E-state index in [0.29, 0.717) is 0 Å². The lowest BCUT2D eigenvalue weighted by atomic mass is 10.2. The number of esters is 1. The summed E-state index contributed by atoms with van der Waals surface area (Å²) in [7, 11) is 1.17. The number of rotatable bonds is 2.